The third kappa shape index (κ3) is 2.07. The van der Waals surface area contributed by atoms with E-state index in [1.807, 2.05) is 30.3 Å². The summed E-state index contributed by atoms with van der Waals surface area (Å²) < 4.78 is 5.35. The first-order valence-electron chi connectivity index (χ1n) is 6.82. The summed E-state index contributed by atoms with van der Waals surface area (Å²) in [5, 5.41) is 4.57. The number of benzene rings is 1. The fourth-order valence-electron chi connectivity index (χ4n) is 2.64. The highest BCUT2D eigenvalue weighted by Gasteiger charge is 2.33. The van der Waals surface area contributed by atoms with Crippen LogP contribution in [0.4, 0.5) is 0 Å². The maximum atomic E-state index is 12.1. The van der Waals surface area contributed by atoms with E-state index in [0.29, 0.717) is 11.3 Å². The lowest BCUT2D eigenvalue weighted by Gasteiger charge is -2.15. The van der Waals surface area contributed by atoms with Gasteiger partial charge in [-0.05, 0) is 28.6 Å². The molecular weight excluding hydrogens is 298 g/mol. The molecule has 0 spiro atoms. The fraction of sp³-hybridized carbons (Fsp3) is 0.0588. The van der Waals surface area contributed by atoms with Crippen molar-refractivity contribution in [3.05, 3.63) is 74.8 Å². The summed E-state index contributed by atoms with van der Waals surface area (Å²) in [4.78, 5) is 24.7. The summed E-state index contributed by atoms with van der Waals surface area (Å²) in [5.74, 6) is -0.745. The second kappa shape index (κ2) is 4.96. The number of hydrogen-bond acceptors (Lipinski definition) is 4. The van der Waals surface area contributed by atoms with E-state index in [0.717, 1.165) is 22.4 Å². The molecule has 1 aromatic heterocycles. The van der Waals surface area contributed by atoms with E-state index < -0.39 is 5.97 Å². The lowest BCUT2D eigenvalue weighted by atomic mass is 9.92. The summed E-state index contributed by atoms with van der Waals surface area (Å²) in [6.45, 7) is 0. The Hall–Kier alpha value is -2.66. The number of hydrogen-bond donors (Lipinski definition) is 1. The predicted octanol–water partition coefficient (Wildman–Crippen LogP) is 2.89. The van der Waals surface area contributed by atoms with Gasteiger partial charge in [0.15, 0.2) is 0 Å². The van der Waals surface area contributed by atoms with Gasteiger partial charge < -0.3 is 10.1 Å². The number of ether oxygens (including phenoxy) is 1. The van der Waals surface area contributed by atoms with Gasteiger partial charge in [-0.25, -0.2) is 4.79 Å². The van der Waals surface area contributed by atoms with Gasteiger partial charge in [0.1, 0.15) is 4.88 Å². The Morgan fingerprint density at radius 2 is 2.05 bits per heavy atom. The number of carbonyl (C=O) groups excluding carboxylic acids is 2. The first-order valence-corrected chi connectivity index (χ1v) is 7.70. The van der Waals surface area contributed by atoms with E-state index in [9.17, 15) is 9.59 Å². The summed E-state index contributed by atoms with van der Waals surface area (Å²) in [6.07, 6.45) is 2.49. The van der Waals surface area contributed by atoms with Gasteiger partial charge in [-0.2, -0.15) is 0 Å². The number of fused-ring (bicyclic) bond motifs is 2. The third-order valence-electron chi connectivity index (χ3n) is 3.69. The molecule has 1 amide bonds. The Labute approximate surface area is 130 Å². The van der Waals surface area contributed by atoms with Crippen LogP contribution in [0, 0.1) is 0 Å². The lowest BCUT2D eigenvalue weighted by Crippen LogP contribution is -2.19. The van der Waals surface area contributed by atoms with E-state index in [2.05, 4.69) is 5.32 Å². The third-order valence-corrected chi connectivity index (χ3v) is 4.54. The monoisotopic (exact) mass is 309 g/mol. The van der Waals surface area contributed by atoms with Crippen LogP contribution >= 0.6 is 11.3 Å². The molecule has 0 atom stereocenters. The molecule has 0 saturated heterocycles. The number of rotatable bonds is 2. The van der Waals surface area contributed by atoms with Crippen molar-refractivity contribution in [2.24, 2.45) is 0 Å². The molecule has 0 unspecified atom stereocenters. The molecule has 5 heteroatoms. The molecule has 4 nitrogen and oxygen atoms in total. The first-order chi connectivity index (χ1) is 10.7. The van der Waals surface area contributed by atoms with Crippen molar-refractivity contribution < 1.29 is 14.3 Å². The van der Waals surface area contributed by atoms with E-state index >= 15 is 0 Å². The van der Waals surface area contributed by atoms with Crippen LogP contribution < -0.4 is 5.32 Å². The molecule has 108 valence electrons. The standard InChI is InChI=1S/C17H11NO3S/c19-16-15(21-17(20)14-6-3-7-22-14)12-8-10-4-1-2-5-11(10)9-13(12)18-16/h1-7,9H,8H2,(H,18,19). The molecule has 22 heavy (non-hydrogen) atoms. The topological polar surface area (TPSA) is 55.4 Å². The molecule has 4 rings (SSSR count). The highest BCUT2D eigenvalue weighted by Crippen LogP contribution is 2.33. The molecular formula is C17H11NO3S. The smallest absolute Gasteiger partial charge is 0.353 e. The van der Waals surface area contributed by atoms with E-state index in [1.165, 1.54) is 11.3 Å². The van der Waals surface area contributed by atoms with Crippen molar-refractivity contribution in [1.29, 1.82) is 0 Å². The Morgan fingerprint density at radius 1 is 1.18 bits per heavy atom. The number of esters is 1. The Bertz CT molecular complexity index is 847. The molecule has 0 saturated carbocycles. The molecule has 0 bridgehead atoms. The van der Waals surface area contributed by atoms with Crippen molar-refractivity contribution in [3.63, 3.8) is 0 Å². The zero-order valence-corrected chi connectivity index (χ0v) is 12.3. The second-order valence-corrected chi connectivity index (χ2v) is 6.01. The van der Waals surface area contributed by atoms with Gasteiger partial charge >= 0.3 is 5.97 Å². The highest BCUT2D eigenvalue weighted by atomic mass is 32.1. The number of carbonyl (C=O) groups is 2. The average Bonchev–Trinajstić information content (AvgIpc) is 3.14. The highest BCUT2D eigenvalue weighted by molar-refractivity contribution is 7.12. The van der Waals surface area contributed by atoms with Crippen LogP contribution in [0.2, 0.25) is 0 Å². The van der Waals surface area contributed by atoms with Crippen molar-refractivity contribution in [2.45, 2.75) is 6.42 Å². The number of amides is 1. The van der Waals surface area contributed by atoms with Gasteiger partial charge in [0.25, 0.3) is 5.91 Å². The van der Waals surface area contributed by atoms with Crippen LogP contribution in [0.15, 0.2) is 58.8 Å². The summed E-state index contributed by atoms with van der Waals surface area (Å²) in [6, 6.07) is 11.4. The van der Waals surface area contributed by atoms with Crippen LogP contribution in [0.5, 0.6) is 0 Å². The molecule has 1 aliphatic carbocycles. The molecule has 1 N–H and O–H groups in total. The van der Waals surface area contributed by atoms with Gasteiger partial charge in [-0.15, -0.1) is 11.3 Å². The maximum Gasteiger partial charge on any atom is 0.353 e. The minimum atomic E-state index is -0.493. The number of allylic oxidation sites excluding steroid dienone is 1. The Balaban J connectivity index is 1.71. The fourth-order valence-corrected chi connectivity index (χ4v) is 3.24. The summed E-state index contributed by atoms with van der Waals surface area (Å²) >= 11 is 1.29. The van der Waals surface area contributed by atoms with Gasteiger partial charge in [0, 0.05) is 17.7 Å². The molecule has 0 fully saturated rings. The van der Waals surface area contributed by atoms with Crippen molar-refractivity contribution in [1.82, 2.24) is 5.32 Å². The van der Waals surface area contributed by atoms with E-state index in [1.54, 1.807) is 17.5 Å². The van der Waals surface area contributed by atoms with E-state index in [-0.39, 0.29) is 11.7 Å². The van der Waals surface area contributed by atoms with Crippen molar-refractivity contribution in [3.8, 4) is 0 Å². The van der Waals surface area contributed by atoms with Gasteiger partial charge in [0.05, 0.1) is 0 Å². The summed E-state index contributed by atoms with van der Waals surface area (Å²) in [5.41, 5.74) is 3.65. The van der Waals surface area contributed by atoms with Crippen LogP contribution in [-0.4, -0.2) is 11.9 Å². The SMILES string of the molecule is O=C1NC2=Cc3ccccc3CC2=C1OC(=O)c1cccs1. The normalized spacial score (nSPS) is 15.8. The first kappa shape index (κ1) is 13.0. The number of thiophene rings is 1. The number of nitrogens with one attached hydrogen (secondary N) is 1. The van der Waals surface area contributed by atoms with Gasteiger partial charge in [0.2, 0.25) is 5.76 Å². The Morgan fingerprint density at radius 3 is 2.86 bits per heavy atom. The van der Waals surface area contributed by atoms with Crippen LogP contribution in [0.3, 0.4) is 0 Å². The lowest BCUT2D eigenvalue weighted by molar-refractivity contribution is -0.118. The molecule has 2 aliphatic rings. The molecule has 2 aromatic rings. The van der Waals surface area contributed by atoms with Gasteiger partial charge in [-0.1, -0.05) is 30.3 Å². The Kier molecular flexibility index (Phi) is 2.94. The molecule has 2 heterocycles. The maximum absolute atomic E-state index is 12.1. The van der Waals surface area contributed by atoms with Crippen LogP contribution in [0.1, 0.15) is 20.8 Å². The van der Waals surface area contributed by atoms with Crippen molar-refractivity contribution in [2.75, 3.05) is 0 Å². The minimum Gasteiger partial charge on any atom is -0.416 e. The molecule has 1 aromatic carbocycles. The molecule has 1 aliphatic heterocycles. The molecule has 0 radical (unpaired) electrons. The minimum absolute atomic E-state index is 0.110. The van der Waals surface area contributed by atoms with Crippen LogP contribution in [-0.2, 0) is 16.0 Å². The second-order valence-electron chi connectivity index (χ2n) is 5.06. The zero-order chi connectivity index (χ0) is 15.1. The quantitative estimate of drug-likeness (QED) is 0.868. The summed E-state index contributed by atoms with van der Waals surface area (Å²) in [7, 11) is 0. The van der Waals surface area contributed by atoms with Crippen molar-refractivity contribution >= 4 is 29.3 Å². The largest absolute Gasteiger partial charge is 0.416 e. The van der Waals surface area contributed by atoms with Crippen LogP contribution in [0.25, 0.3) is 6.08 Å². The van der Waals surface area contributed by atoms with E-state index in [4.69, 9.17) is 4.74 Å². The average molecular weight is 309 g/mol. The zero-order valence-electron chi connectivity index (χ0n) is 11.5. The van der Waals surface area contributed by atoms with Gasteiger partial charge in [-0.3, -0.25) is 4.79 Å². The predicted molar refractivity (Wildman–Crippen MR) is 83.0 cm³/mol.